The number of carbonyl (C=O) groups excluding carboxylic acids is 3. The second-order valence-corrected chi connectivity index (χ2v) is 16.7. The van der Waals surface area contributed by atoms with Crippen LogP contribution < -0.4 is 25.0 Å². The van der Waals surface area contributed by atoms with Gasteiger partial charge in [0.05, 0.1) is 44.9 Å². The van der Waals surface area contributed by atoms with Crippen LogP contribution >= 0.6 is 0 Å². The van der Waals surface area contributed by atoms with Crippen LogP contribution in [0.25, 0.3) is 0 Å². The first-order valence-corrected chi connectivity index (χ1v) is 22.1. The first-order chi connectivity index (χ1) is 32.4. The topological polar surface area (TPSA) is 139 Å². The van der Waals surface area contributed by atoms with Crippen LogP contribution in [0, 0.1) is 17.8 Å². The van der Waals surface area contributed by atoms with Gasteiger partial charge in [-0.25, -0.2) is 0 Å². The molecule has 0 aromatic heterocycles. The van der Waals surface area contributed by atoms with Gasteiger partial charge in [-0.05, 0) is 101 Å². The molecule has 3 N–H and O–H groups in total. The predicted octanol–water partition coefficient (Wildman–Crippen LogP) is 7.21. The Morgan fingerprint density at radius 1 is 0.773 bits per heavy atom. The molecule has 2 amide bonds. The lowest BCUT2D eigenvalue weighted by Gasteiger charge is -2.46. The number of aliphatic hydroxyl groups is 1. The number of esters is 1. The fourth-order valence-electron chi connectivity index (χ4n) is 10.2. The van der Waals surface area contributed by atoms with Crippen molar-refractivity contribution >= 4 is 34.8 Å². The zero-order valence-corrected chi connectivity index (χ0v) is 36.3. The Hall–Kier alpha value is -7.43. The van der Waals surface area contributed by atoms with Gasteiger partial charge in [0.1, 0.15) is 35.7 Å². The number of morpholine rings is 2. The fourth-order valence-corrected chi connectivity index (χ4v) is 10.2. The van der Waals surface area contributed by atoms with Crippen molar-refractivity contribution in [3.63, 3.8) is 0 Å². The zero-order chi connectivity index (χ0) is 45.2. The maximum atomic E-state index is 15.7. The van der Waals surface area contributed by atoms with E-state index in [0.717, 1.165) is 35.5 Å². The predicted molar refractivity (Wildman–Crippen MR) is 249 cm³/mol. The van der Waals surface area contributed by atoms with Crippen LogP contribution in [0.1, 0.15) is 51.6 Å². The normalized spacial score (nSPS) is 23.2. The van der Waals surface area contributed by atoms with Crippen molar-refractivity contribution in [1.82, 2.24) is 4.90 Å². The molecule has 0 aliphatic carbocycles. The molecular weight excluding hydrogens is 833 g/mol. The average Bonchev–Trinajstić information content (AvgIpc) is 3.85. The monoisotopic (exact) mass is 880 g/mol. The third-order valence-corrected chi connectivity index (χ3v) is 13.1. The molecule has 4 aliphatic rings. The molecule has 4 aliphatic heterocycles. The highest BCUT2D eigenvalue weighted by molar-refractivity contribution is 6.13. The van der Waals surface area contributed by atoms with Gasteiger partial charge in [0.25, 0.3) is 0 Å². The number of cyclic esters (lactones) is 1. The number of amides is 2. The summed E-state index contributed by atoms with van der Waals surface area (Å²) in [6.45, 7) is 2.57. The second-order valence-electron chi connectivity index (χ2n) is 16.7. The number of methoxy groups -OCH3 is 1. The van der Waals surface area contributed by atoms with Crippen molar-refractivity contribution in [3.05, 3.63) is 185 Å². The molecule has 0 radical (unpaired) electrons. The minimum atomic E-state index is -1.75. The first-order valence-electron chi connectivity index (χ1n) is 22.1. The minimum absolute atomic E-state index is 0.0373. The Labute approximate surface area is 383 Å². The summed E-state index contributed by atoms with van der Waals surface area (Å²) >= 11 is 0. The Bertz CT molecular complexity index is 2810. The van der Waals surface area contributed by atoms with Crippen molar-refractivity contribution in [1.29, 1.82) is 0 Å². The molecule has 12 nitrogen and oxygen atoms in total. The number of rotatable bonds is 10. The average molecular weight is 881 g/mol. The Balaban J connectivity index is 1.19. The lowest BCUT2D eigenvalue weighted by atomic mass is 9.65. The van der Waals surface area contributed by atoms with E-state index in [1.54, 1.807) is 13.2 Å². The van der Waals surface area contributed by atoms with Crippen LogP contribution in [0.3, 0.4) is 0 Å². The van der Waals surface area contributed by atoms with E-state index in [-0.39, 0.29) is 13.2 Å². The molecule has 3 fully saturated rings. The first kappa shape index (κ1) is 42.5. The Kier molecular flexibility index (Phi) is 11.7. The van der Waals surface area contributed by atoms with Crippen molar-refractivity contribution in [2.45, 2.75) is 29.6 Å². The number of aliphatic hydroxyl groups excluding tert-OH is 1. The number of carbonyl (C=O) groups is 3. The highest BCUT2D eigenvalue weighted by Crippen LogP contribution is 2.65. The third kappa shape index (κ3) is 7.71. The molecule has 1 spiro atoms. The van der Waals surface area contributed by atoms with Gasteiger partial charge < -0.3 is 39.6 Å². The van der Waals surface area contributed by atoms with Gasteiger partial charge in [0.2, 0.25) is 11.8 Å². The van der Waals surface area contributed by atoms with Crippen LogP contribution in [0.4, 0.5) is 17.1 Å². The number of hydrogen-bond donors (Lipinski definition) is 3. The molecule has 0 bridgehead atoms. The number of nitrogens with one attached hydrogen (secondary N) is 2. The number of fused-ring (bicyclic) bond motifs is 3. The van der Waals surface area contributed by atoms with E-state index >= 15 is 14.4 Å². The summed E-state index contributed by atoms with van der Waals surface area (Å²) in [7, 11) is 1.61. The Morgan fingerprint density at radius 2 is 1.45 bits per heavy atom. The third-order valence-electron chi connectivity index (χ3n) is 13.1. The molecule has 6 aromatic rings. The second kappa shape index (κ2) is 18.2. The number of ether oxygens (including phenoxy) is 4. The van der Waals surface area contributed by atoms with E-state index in [1.165, 1.54) is 0 Å². The highest BCUT2D eigenvalue weighted by Gasteiger charge is 2.74. The summed E-state index contributed by atoms with van der Waals surface area (Å²) in [5.41, 5.74) is 4.34. The lowest BCUT2D eigenvalue weighted by Crippen LogP contribution is -2.53. The minimum Gasteiger partial charge on any atom is -0.497 e. The van der Waals surface area contributed by atoms with Crippen LogP contribution in [0.2, 0.25) is 0 Å². The van der Waals surface area contributed by atoms with Crippen molar-refractivity contribution in [2.24, 2.45) is 5.92 Å². The molecule has 332 valence electrons. The van der Waals surface area contributed by atoms with Crippen molar-refractivity contribution in [3.8, 4) is 23.3 Å². The van der Waals surface area contributed by atoms with E-state index in [0.29, 0.717) is 52.8 Å². The summed E-state index contributed by atoms with van der Waals surface area (Å²) in [5, 5.41) is 16.1. The molecule has 4 heterocycles. The summed E-state index contributed by atoms with van der Waals surface area (Å²) in [6, 6.07) is 44.3. The van der Waals surface area contributed by atoms with E-state index < -0.39 is 53.3 Å². The van der Waals surface area contributed by atoms with Crippen LogP contribution in [0.15, 0.2) is 152 Å². The molecular formula is C54H48N4O8. The van der Waals surface area contributed by atoms with E-state index in [1.807, 2.05) is 150 Å². The standard InChI is InChI=1S/C54H48N4O8/c1-63-42-24-17-35(18-25-42)15-16-36-19-26-45-44(33-36)54(53(62)56-45)46(51(60)55-40-20-22-41(23-21-40)57-27-30-64-31-28-57)48-52(61)66-49(38-11-6-3-7-12-38)47(37-9-4-2-5-10-37)58(48)50(54)39-13-8-14-43(34-39)65-32-29-59/h2-14,17-26,33-34,46-50,59H,27-32H2,1H3,(H,55,60)(H,56,62)/t46-,47-,48-,49+,50+,54-/m0/s1. The Morgan fingerprint density at radius 3 is 2.17 bits per heavy atom. The van der Waals surface area contributed by atoms with Gasteiger partial charge in [-0.1, -0.05) is 84.6 Å². The van der Waals surface area contributed by atoms with Gasteiger partial charge in [-0.2, -0.15) is 0 Å². The van der Waals surface area contributed by atoms with Gasteiger partial charge in [-0.3, -0.25) is 19.3 Å². The molecule has 0 unspecified atom stereocenters. The zero-order valence-electron chi connectivity index (χ0n) is 36.3. The molecule has 3 saturated heterocycles. The summed E-state index contributed by atoms with van der Waals surface area (Å²) in [6.07, 6.45) is -0.828. The molecule has 0 saturated carbocycles. The van der Waals surface area contributed by atoms with Crippen LogP contribution in [0.5, 0.6) is 11.5 Å². The molecule has 6 atom stereocenters. The number of anilines is 3. The summed E-state index contributed by atoms with van der Waals surface area (Å²) < 4.78 is 23.5. The van der Waals surface area contributed by atoms with Gasteiger partial charge in [-0.15, -0.1) is 0 Å². The smallest absolute Gasteiger partial charge is 0.324 e. The molecule has 10 rings (SSSR count). The summed E-state index contributed by atoms with van der Waals surface area (Å²) in [4.78, 5) is 50.9. The quantitative estimate of drug-likeness (QED) is 0.0956. The van der Waals surface area contributed by atoms with E-state index in [9.17, 15) is 5.11 Å². The van der Waals surface area contributed by atoms with Crippen LogP contribution in [-0.4, -0.2) is 80.5 Å². The number of hydrogen-bond acceptors (Lipinski definition) is 10. The SMILES string of the molecule is COc1ccc(C#Cc2ccc3c(c2)[C@]2(C(=O)N3)[C@H](C(=O)Nc3ccc(N4CCOCC4)cc3)[C@H]3C(=O)O[C@H](c4ccccc4)[C@H](c4ccccc4)N3[C@@H]2c2cccc(OCCO)c2)cc1. The summed E-state index contributed by atoms with van der Waals surface area (Å²) in [5.74, 6) is 4.75. The highest BCUT2D eigenvalue weighted by atomic mass is 16.6. The van der Waals surface area contributed by atoms with Crippen molar-refractivity contribution in [2.75, 3.05) is 62.2 Å². The maximum absolute atomic E-state index is 15.7. The fraction of sp³-hybridized carbons (Fsp3) is 0.241. The number of benzene rings is 6. The molecule has 6 aromatic carbocycles. The van der Waals surface area contributed by atoms with E-state index in [2.05, 4.69) is 27.4 Å². The van der Waals surface area contributed by atoms with E-state index in [4.69, 9.17) is 18.9 Å². The lowest BCUT2D eigenvalue weighted by molar-refractivity contribution is -0.177. The number of nitrogens with zero attached hydrogens (tertiary/aromatic N) is 2. The van der Waals surface area contributed by atoms with Gasteiger partial charge in [0.15, 0.2) is 0 Å². The van der Waals surface area contributed by atoms with Gasteiger partial charge >= 0.3 is 5.97 Å². The van der Waals surface area contributed by atoms with Crippen molar-refractivity contribution < 1.29 is 38.4 Å². The van der Waals surface area contributed by atoms with Gasteiger partial charge in [0, 0.05) is 41.3 Å². The van der Waals surface area contributed by atoms with Crippen LogP contribution in [-0.2, 0) is 29.3 Å². The molecule has 66 heavy (non-hydrogen) atoms. The maximum Gasteiger partial charge on any atom is 0.324 e. The molecule has 12 heteroatoms. The largest absolute Gasteiger partial charge is 0.497 e.